The number of anilines is 2. The number of benzene rings is 3. The van der Waals surface area contributed by atoms with Crippen LogP contribution in [0.25, 0.3) is 10.8 Å². The smallest absolute Gasteiger partial charge is 0.294 e. The first-order valence-corrected chi connectivity index (χ1v) is 8.96. The van der Waals surface area contributed by atoms with Crippen LogP contribution in [0.3, 0.4) is 0 Å². The zero-order valence-electron chi connectivity index (χ0n) is 13.6. The zero-order valence-corrected chi connectivity index (χ0v) is 14.4. The Kier molecular flexibility index (Phi) is 4.52. The molecule has 3 rings (SSSR count). The minimum atomic E-state index is -4.41. The Balaban J connectivity index is 2.02. The molecule has 0 spiro atoms. The molecule has 0 aromatic heterocycles. The lowest BCUT2D eigenvalue weighted by Crippen LogP contribution is -2.12. The van der Waals surface area contributed by atoms with Crippen molar-refractivity contribution >= 4 is 43.9 Å². The summed E-state index contributed by atoms with van der Waals surface area (Å²) in [5.74, 6) is -0.580. The molecule has 0 aliphatic carbocycles. The number of carbonyl (C=O) groups excluding carboxylic acids is 1. The maximum Gasteiger partial charge on any atom is 0.294 e. The highest BCUT2D eigenvalue weighted by atomic mass is 32.2. The number of nitro groups is 1. The predicted octanol–water partition coefficient (Wildman–Crippen LogP) is 2.83. The second-order valence-electron chi connectivity index (χ2n) is 5.65. The van der Waals surface area contributed by atoms with E-state index in [1.807, 2.05) is 0 Å². The summed E-state index contributed by atoms with van der Waals surface area (Å²) in [6.45, 7) is 0. The summed E-state index contributed by atoms with van der Waals surface area (Å²) in [5.41, 5.74) is 6.32. The summed E-state index contributed by atoms with van der Waals surface area (Å²) in [4.78, 5) is 22.4. The molecule has 9 nitrogen and oxygen atoms in total. The Hall–Kier alpha value is -3.50. The fraction of sp³-hybridized carbons (Fsp3) is 0. The maximum absolute atomic E-state index is 12.4. The first kappa shape index (κ1) is 18.3. The molecule has 0 radical (unpaired) electrons. The molecule has 3 aromatic carbocycles. The Bertz CT molecular complexity index is 1190. The van der Waals surface area contributed by atoms with E-state index in [0.29, 0.717) is 16.5 Å². The van der Waals surface area contributed by atoms with Gasteiger partial charge in [-0.15, -0.1) is 0 Å². The maximum atomic E-state index is 12.4. The Morgan fingerprint density at radius 1 is 1.07 bits per heavy atom. The van der Waals surface area contributed by atoms with Crippen LogP contribution in [0.2, 0.25) is 0 Å². The van der Waals surface area contributed by atoms with Crippen molar-refractivity contribution in [2.75, 3.05) is 11.1 Å². The molecule has 0 atom stereocenters. The second kappa shape index (κ2) is 6.67. The van der Waals surface area contributed by atoms with E-state index in [-0.39, 0.29) is 21.8 Å². The van der Waals surface area contributed by atoms with Crippen LogP contribution in [0.1, 0.15) is 10.4 Å². The lowest BCUT2D eigenvalue weighted by molar-refractivity contribution is -0.384. The third-order valence-corrected chi connectivity index (χ3v) is 4.74. The first-order chi connectivity index (χ1) is 12.7. The zero-order chi connectivity index (χ0) is 19.8. The van der Waals surface area contributed by atoms with Gasteiger partial charge in [0.25, 0.3) is 21.7 Å². The number of non-ortho nitro benzene ring substituents is 1. The number of hydrogen-bond donors (Lipinski definition) is 3. The number of fused-ring (bicyclic) bond motifs is 1. The number of rotatable bonds is 4. The Labute approximate surface area is 153 Å². The van der Waals surface area contributed by atoms with Gasteiger partial charge in [0.1, 0.15) is 0 Å². The largest absolute Gasteiger partial charge is 0.398 e. The molecule has 0 saturated carbocycles. The van der Waals surface area contributed by atoms with Gasteiger partial charge in [-0.3, -0.25) is 19.5 Å². The van der Waals surface area contributed by atoms with E-state index in [2.05, 4.69) is 5.32 Å². The summed E-state index contributed by atoms with van der Waals surface area (Å²) >= 11 is 0. The van der Waals surface area contributed by atoms with Crippen LogP contribution in [0.4, 0.5) is 17.1 Å². The van der Waals surface area contributed by atoms with Crippen molar-refractivity contribution in [1.29, 1.82) is 0 Å². The third kappa shape index (κ3) is 3.71. The van der Waals surface area contributed by atoms with E-state index < -0.39 is 20.9 Å². The van der Waals surface area contributed by atoms with Crippen molar-refractivity contribution < 1.29 is 22.7 Å². The standard InChI is InChI=1S/C17H13N3O6S/c18-15-6-7-16(13-5-4-12(9-14(13)15)27(24,25)26)19-17(21)10-2-1-3-11(8-10)20(22)23/h1-9H,18H2,(H,19,21)(H,24,25,26). The number of nitrogens with zero attached hydrogens (tertiary/aromatic N) is 1. The van der Waals surface area contributed by atoms with Crippen molar-refractivity contribution in [3.63, 3.8) is 0 Å². The van der Waals surface area contributed by atoms with Gasteiger partial charge in [-0.05, 0) is 30.3 Å². The Morgan fingerprint density at radius 3 is 2.48 bits per heavy atom. The number of carbonyl (C=O) groups is 1. The average molecular weight is 387 g/mol. The molecule has 0 aliphatic heterocycles. The third-order valence-electron chi connectivity index (χ3n) is 3.89. The van der Waals surface area contributed by atoms with Crippen molar-refractivity contribution in [2.24, 2.45) is 0 Å². The first-order valence-electron chi connectivity index (χ1n) is 7.52. The van der Waals surface area contributed by atoms with E-state index in [9.17, 15) is 27.9 Å². The van der Waals surface area contributed by atoms with Gasteiger partial charge in [-0.2, -0.15) is 8.42 Å². The second-order valence-corrected chi connectivity index (χ2v) is 7.07. The summed E-state index contributed by atoms with van der Waals surface area (Å²) < 4.78 is 31.8. The SMILES string of the molecule is Nc1ccc(NC(=O)c2cccc([N+](=O)[O-])c2)c2ccc(S(=O)(=O)O)cc12. The molecule has 0 unspecified atom stereocenters. The molecule has 0 fully saturated rings. The van der Waals surface area contributed by atoms with Crippen LogP contribution in [0.5, 0.6) is 0 Å². The minimum Gasteiger partial charge on any atom is -0.398 e. The topological polar surface area (TPSA) is 153 Å². The van der Waals surface area contributed by atoms with Gasteiger partial charge >= 0.3 is 0 Å². The molecule has 10 heteroatoms. The van der Waals surface area contributed by atoms with Crippen molar-refractivity contribution in [3.05, 3.63) is 70.3 Å². The fourth-order valence-corrected chi connectivity index (χ4v) is 3.08. The molecule has 0 bridgehead atoms. The number of amides is 1. The average Bonchev–Trinajstić information content (AvgIpc) is 2.63. The number of nitrogens with one attached hydrogen (secondary N) is 1. The monoisotopic (exact) mass is 387 g/mol. The molecule has 0 heterocycles. The van der Waals surface area contributed by atoms with Crippen molar-refractivity contribution in [3.8, 4) is 0 Å². The number of nitrogen functional groups attached to an aromatic ring is 1. The number of nitro benzene ring substituents is 1. The Morgan fingerprint density at radius 2 is 1.81 bits per heavy atom. The fourth-order valence-electron chi connectivity index (χ4n) is 2.57. The van der Waals surface area contributed by atoms with Gasteiger partial charge in [0.2, 0.25) is 0 Å². The van der Waals surface area contributed by atoms with Gasteiger partial charge in [0.15, 0.2) is 0 Å². The highest BCUT2D eigenvalue weighted by Crippen LogP contribution is 2.31. The van der Waals surface area contributed by atoms with E-state index in [0.717, 1.165) is 6.07 Å². The summed E-state index contributed by atoms with van der Waals surface area (Å²) in [5, 5.41) is 14.2. The molecular formula is C17H13N3O6S. The summed E-state index contributed by atoms with van der Waals surface area (Å²) in [6, 6.07) is 12.0. The van der Waals surface area contributed by atoms with E-state index in [1.165, 1.54) is 48.5 Å². The van der Waals surface area contributed by atoms with Gasteiger partial charge in [-0.25, -0.2) is 0 Å². The quantitative estimate of drug-likeness (QED) is 0.269. The van der Waals surface area contributed by atoms with Crippen LogP contribution in [0.15, 0.2) is 59.5 Å². The molecule has 138 valence electrons. The molecule has 0 aliphatic rings. The van der Waals surface area contributed by atoms with Crippen molar-refractivity contribution in [2.45, 2.75) is 4.90 Å². The van der Waals surface area contributed by atoms with Crippen LogP contribution in [-0.4, -0.2) is 23.8 Å². The van der Waals surface area contributed by atoms with Gasteiger partial charge in [0, 0.05) is 39.8 Å². The number of hydrogen-bond acceptors (Lipinski definition) is 6. The van der Waals surface area contributed by atoms with Crippen LogP contribution < -0.4 is 11.1 Å². The molecule has 27 heavy (non-hydrogen) atoms. The van der Waals surface area contributed by atoms with E-state index in [1.54, 1.807) is 0 Å². The molecule has 1 amide bonds. The molecule has 4 N–H and O–H groups in total. The van der Waals surface area contributed by atoms with Crippen molar-refractivity contribution in [1.82, 2.24) is 0 Å². The minimum absolute atomic E-state index is 0.0868. The molecule has 3 aromatic rings. The predicted molar refractivity (Wildman–Crippen MR) is 99.2 cm³/mol. The highest BCUT2D eigenvalue weighted by Gasteiger charge is 2.15. The van der Waals surface area contributed by atoms with E-state index in [4.69, 9.17) is 5.73 Å². The molecular weight excluding hydrogens is 374 g/mol. The molecule has 0 saturated heterocycles. The van der Waals surface area contributed by atoms with Crippen LogP contribution >= 0.6 is 0 Å². The lowest BCUT2D eigenvalue weighted by Gasteiger charge is -2.11. The highest BCUT2D eigenvalue weighted by molar-refractivity contribution is 7.85. The lowest BCUT2D eigenvalue weighted by atomic mass is 10.1. The normalized spacial score (nSPS) is 11.3. The van der Waals surface area contributed by atoms with Gasteiger partial charge in [-0.1, -0.05) is 12.1 Å². The van der Waals surface area contributed by atoms with Gasteiger partial charge < -0.3 is 11.1 Å². The van der Waals surface area contributed by atoms with Crippen LogP contribution in [-0.2, 0) is 10.1 Å². The van der Waals surface area contributed by atoms with Crippen LogP contribution in [0, 0.1) is 10.1 Å². The van der Waals surface area contributed by atoms with E-state index >= 15 is 0 Å². The number of nitrogens with two attached hydrogens (primary N) is 1. The van der Waals surface area contributed by atoms with Gasteiger partial charge in [0.05, 0.1) is 9.82 Å². The summed E-state index contributed by atoms with van der Waals surface area (Å²) in [6.07, 6.45) is 0. The summed E-state index contributed by atoms with van der Waals surface area (Å²) in [7, 11) is -4.41.